The molecule has 0 aliphatic heterocycles. The molecule has 0 heterocycles. The molecule has 2 rings (SSSR count). The number of hydrogen-bond acceptors (Lipinski definition) is 5. The van der Waals surface area contributed by atoms with Crippen molar-refractivity contribution in [2.75, 3.05) is 18.5 Å². The van der Waals surface area contributed by atoms with E-state index in [0.29, 0.717) is 5.56 Å². The molecule has 2 aromatic carbocycles. The molecule has 0 aliphatic carbocycles. The highest BCUT2D eigenvalue weighted by Gasteiger charge is 2.14. The summed E-state index contributed by atoms with van der Waals surface area (Å²) < 4.78 is 44.4. The molecule has 2 aromatic rings. The van der Waals surface area contributed by atoms with Gasteiger partial charge in [0, 0.05) is 12.2 Å². The third kappa shape index (κ3) is 6.46. The third-order valence-electron chi connectivity index (χ3n) is 3.49. The van der Waals surface area contributed by atoms with Crippen LogP contribution >= 0.6 is 0 Å². The van der Waals surface area contributed by atoms with Gasteiger partial charge in [0.1, 0.15) is 5.82 Å². The zero-order valence-corrected chi connectivity index (χ0v) is 15.4. The number of sulfonamides is 1. The fraction of sp³-hybridized carbons (Fsp3) is 0.222. The smallest absolute Gasteiger partial charge is 0.307 e. The normalized spacial score (nSPS) is 11.0. The topological polar surface area (TPSA) is 102 Å². The largest absolute Gasteiger partial charge is 0.456 e. The second-order valence-electron chi connectivity index (χ2n) is 5.63. The van der Waals surface area contributed by atoms with Crippen LogP contribution in [-0.4, -0.2) is 33.4 Å². The molecule has 9 heteroatoms. The second-order valence-corrected chi connectivity index (χ2v) is 7.40. The zero-order chi connectivity index (χ0) is 19.9. The van der Waals surface area contributed by atoms with Gasteiger partial charge in [0.15, 0.2) is 6.61 Å². The van der Waals surface area contributed by atoms with E-state index >= 15 is 0 Å². The maximum absolute atomic E-state index is 13.4. The van der Waals surface area contributed by atoms with E-state index in [1.807, 2.05) is 0 Å². The van der Waals surface area contributed by atoms with E-state index in [2.05, 4.69) is 10.0 Å². The number of hydrogen-bond donors (Lipinski definition) is 2. The van der Waals surface area contributed by atoms with Crippen molar-refractivity contribution in [3.8, 4) is 0 Å². The van der Waals surface area contributed by atoms with Crippen molar-refractivity contribution in [1.82, 2.24) is 4.72 Å². The first-order chi connectivity index (χ1) is 12.8. The van der Waals surface area contributed by atoms with E-state index < -0.39 is 34.3 Å². The van der Waals surface area contributed by atoms with Gasteiger partial charge in [-0.15, -0.1) is 0 Å². The van der Waals surface area contributed by atoms with Gasteiger partial charge in [-0.2, -0.15) is 0 Å². The van der Waals surface area contributed by atoms with Crippen LogP contribution in [0.4, 0.5) is 10.1 Å². The van der Waals surface area contributed by atoms with E-state index in [1.165, 1.54) is 24.3 Å². The van der Waals surface area contributed by atoms with Gasteiger partial charge in [-0.3, -0.25) is 9.59 Å². The van der Waals surface area contributed by atoms with Gasteiger partial charge in [-0.05, 0) is 36.8 Å². The van der Waals surface area contributed by atoms with Crippen molar-refractivity contribution >= 4 is 27.6 Å². The van der Waals surface area contributed by atoms with Crippen LogP contribution in [0, 0.1) is 12.7 Å². The minimum atomic E-state index is -3.71. The van der Waals surface area contributed by atoms with Gasteiger partial charge in [0.2, 0.25) is 10.0 Å². The summed E-state index contributed by atoms with van der Waals surface area (Å²) in [4.78, 5) is 23.4. The third-order valence-corrected chi connectivity index (χ3v) is 4.97. The Morgan fingerprint density at radius 1 is 1.11 bits per heavy atom. The Kier molecular flexibility index (Phi) is 7.03. The molecule has 1 amide bonds. The number of nitrogens with one attached hydrogen (secondary N) is 2. The number of anilines is 1. The SMILES string of the molecule is Cc1ccc(NC(=O)COC(=O)CCNS(=O)(=O)c2ccccc2)cc1F. The van der Waals surface area contributed by atoms with Gasteiger partial charge < -0.3 is 10.1 Å². The van der Waals surface area contributed by atoms with Crippen molar-refractivity contribution in [2.45, 2.75) is 18.2 Å². The molecule has 27 heavy (non-hydrogen) atoms. The first-order valence-electron chi connectivity index (χ1n) is 8.04. The Bertz CT molecular complexity index is 917. The first kappa shape index (κ1) is 20.5. The summed E-state index contributed by atoms with van der Waals surface area (Å²) in [7, 11) is -3.71. The van der Waals surface area contributed by atoms with E-state index in [-0.39, 0.29) is 23.5 Å². The lowest BCUT2D eigenvalue weighted by atomic mass is 10.2. The lowest BCUT2D eigenvalue weighted by molar-refractivity contribution is -0.147. The van der Waals surface area contributed by atoms with Crippen molar-refractivity contribution in [3.63, 3.8) is 0 Å². The zero-order valence-electron chi connectivity index (χ0n) is 14.6. The average molecular weight is 394 g/mol. The predicted octanol–water partition coefficient (Wildman–Crippen LogP) is 1.98. The number of halogens is 1. The highest BCUT2D eigenvalue weighted by atomic mass is 32.2. The summed E-state index contributed by atoms with van der Waals surface area (Å²) in [6.07, 6.45) is -0.238. The Balaban J connectivity index is 1.73. The minimum Gasteiger partial charge on any atom is -0.456 e. The van der Waals surface area contributed by atoms with Crippen molar-refractivity contribution in [1.29, 1.82) is 0 Å². The Labute approximate surface area is 156 Å². The maximum atomic E-state index is 13.4. The molecule has 0 atom stereocenters. The van der Waals surface area contributed by atoms with Gasteiger partial charge in [0.25, 0.3) is 5.91 Å². The summed E-state index contributed by atoms with van der Waals surface area (Å²) in [6.45, 7) is 0.870. The maximum Gasteiger partial charge on any atom is 0.307 e. The lowest BCUT2D eigenvalue weighted by Gasteiger charge is -2.08. The molecule has 2 N–H and O–H groups in total. The molecule has 7 nitrogen and oxygen atoms in total. The standard InChI is InChI=1S/C18H19FN2O5S/c1-13-7-8-14(11-16(13)19)21-17(22)12-26-18(23)9-10-20-27(24,25)15-5-3-2-4-6-15/h2-8,11,20H,9-10,12H2,1H3,(H,21,22). The first-order valence-corrected chi connectivity index (χ1v) is 9.52. The van der Waals surface area contributed by atoms with Crippen LogP contribution in [0.1, 0.15) is 12.0 Å². The van der Waals surface area contributed by atoms with Gasteiger partial charge in [0.05, 0.1) is 11.3 Å². The van der Waals surface area contributed by atoms with Crippen LogP contribution in [0.3, 0.4) is 0 Å². The lowest BCUT2D eigenvalue weighted by Crippen LogP contribution is -2.27. The van der Waals surface area contributed by atoms with E-state index in [0.717, 1.165) is 6.07 Å². The number of aryl methyl sites for hydroxylation is 1. The highest BCUT2D eigenvalue weighted by molar-refractivity contribution is 7.89. The van der Waals surface area contributed by atoms with E-state index in [4.69, 9.17) is 4.74 Å². The summed E-state index contributed by atoms with van der Waals surface area (Å²) in [6, 6.07) is 11.9. The molecule has 144 valence electrons. The van der Waals surface area contributed by atoms with Crippen LogP contribution < -0.4 is 10.0 Å². The molecular weight excluding hydrogens is 375 g/mol. The predicted molar refractivity (Wildman–Crippen MR) is 97.0 cm³/mol. The molecule has 0 unspecified atom stereocenters. The molecule has 0 aliphatic rings. The number of esters is 1. The number of carbonyl (C=O) groups is 2. The summed E-state index contributed by atoms with van der Waals surface area (Å²) in [5.41, 5.74) is 0.687. The van der Waals surface area contributed by atoms with Crippen molar-refractivity contribution < 1.29 is 27.1 Å². The molecule has 0 bridgehead atoms. The Morgan fingerprint density at radius 2 is 1.81 bits per heavy atom. The van der Waals surface area contributed by atoms with Gasteiger partial charge >= 0.3 is 5.97 Å². The fourth-order valence-corrected chi connectivity index (χ4v) is 3.11. The summed E-state index contributed by atoms with van der Waals surface area (Å²) in [5, 5.41) is 2.40. The number of amides is 1. The van der Waals surface area contributed by atoms with Crippen molar-refractivity contribution in [3.05, 3.63) is 59.9 Å². The fourth-order valence-electron chi connectivity index (χ4n) is 2.06. The van der Waals surface area contributed by atoms with Crippen LogP contribution in [0.2, 0.25) is 0 Å². The van der Waals surface area contributed by atoms with E-state index in [1.54, 1.807) is 25.1 Å². The molecular formula is C18H19FN2O5S. The van der Waals surface area contributed by atoms with E-state index in [9.17, 15) is 22.4 Å². The molecule has 0 saturated heterocycles. The second kappa shape index (κ2) is 9.24. The van der Waals surface area contributed by atoms with Crippen LogP contribution in [0.15, 0.2) is 53.4 Å². The Hall–Kier alpha value is -2.78. The van der Waals surface area contributed by atoms with Gasteiger partial charge in [-0.1, -0.05) is 24.3 Å². The summed E-state index contributed by atoms with van der Waals surface area (Å²) in [5.74, 6) is -1.83. The van der Waals surface area contributed by atoms with Crippen LogP contribution in [-0.2, 0) is 24.3 Å². The number of ether oxygens (including phenoxy) is 1. The highest BCUT2D eigenvalue weighted by Crippen LogP contribution is 2.13. The summed E-state index contributed by atoms with van der Waals surface area (Å²) >= 11 is 0. The molecule has 0 radical (unpaired) electrons. The number of rotatable bonds is 8. The van der Waals surface area contributed by atoms with Gasteiger partial charge in [-0.25, -0.2) is 17.5 Å². The van der Waals surface area contributed by atoms with Crippen molar-refractivity contribution in [2.24, 2.45) is 0 Å². The Morgan fingerprint density at radius 3 is 2.48 bits per heavy atom. The van der Waals surface area contributed by atoms with Crippen LogP contribution in [0.25, 0.3) is 0 Å². The number of carbonyl (C=O) groups excluding carboxylic acids is 2. The molecule has 0 saturated carbocycles. The molecule has 0 spiro atoms. The molecule has 0 fully saturated rings. The quantitative estimate of drug-likeness (QED) is 0.667. The van der Waals surface area contributed by atoms with Crippen LogP contribution in [0.5, 0.6) is 0 Å². The minimum absolute atomic E-state index is 0.0862. The average Bonchev–Trinajstić information content (AvgIpc) is 2.64. The molecule has 0 aromatic heterocycles. The number of benzene rings is 2. The monoisotopic (exact) mass is 394 g/mol.